The Kier molecular flexibility index (Phi) is 11.6. The molecule has 0 atom stereocenters. The van der Waals surface area contributed by atoms with Gasteiger partial charge in [-0.3, -0.25) is 0 Å². The molecule has 2 nitrogen and oxygen atoms in total. The summed E-state index contributed by atoms with van der Waals surface area (Å²) in [5, 5.41) is 14.0. The Hall–Kier alpha value is -1.28. The molecule has 7 heavy (non-hydrogen) atoms. The van der Waals surface area contributed by atoms with E-state index in [2.05, 4.69) is 6.58 Å². The third-order valence-corrected chi connectivity index (χ3v) is 0.191. The van der Waals surface area contributed by atoms with E-state index in [-0.39, 0.29) is 0 Å². The zero-order valence-corrected chi connectivity index (χ0v) is 4.10. The molecule has 0 N–H and O–H groups in total. The highest BCUT2D eigenvalue weighted by Gasteiger charge is 1.64. The van der Waals surface area contributed by atoms with E-state index in [1.165, 1.54) is 0 Å². The van der Waals surface area contributed by atoms with Crippen LogP contribution in [0.1, 0.15) is 6.92 Å². The van der Waals surface area contributed by atoms with Crippen LogP contribution >= 0.6 is 0 Å². The zero-order valence-electron chi connectivity index (χ0n) is 4.10. The Balaban J connectivity index is 0. The van der Waals surface area contributed by atoms with Gasteiger partial charge in [-0.2, -0.15) is 5.26 Å². The van der Waals surface area contributed by atoms with E-state index >= 15 is 0 Å². The second-order valence-corrected chi connectivity index (χ2v) is 0.892. The van der Waals surface area contributed by atoms with Gasteiger partial charge in [-0.15, -0.1) is 0 Å². The number of hydrogen-bond donors (Lipinski definition) is 0. The van der Waals surface area contributed by atoms with Crippen LogP contribution in [-0.2, 0) is 0 Å². The summed E-state index contributed by atoms with van der Waals surface area (Å²) < 4.78 is 0. The van der Waals surface area contributed by atoms with E-state index in [1.807, 2.05) is 6.07 Å². The summed E-state index contributed by atoms with van der Waals surface area (Å²) in [7, 11) is 0. The minimum atomic E-state index is 0.560. The fraction of sp³-hybridized carbons (Fsp3) is 0.200. The lowest BCUT2D eigenvalue weighted by atomic mass is 10.4. The van der Waals surface area contributed by atoms with Crippen LogP contribution in [0.2, 0.25) is 0 Å². The van der Waals surface area contributed by atoms with Gasteiger partial charge in [-0.25, -0.2) is 0 Å². The molecule has 0 aliphatic rings. The van der Waals surface area contributed by atoms with Crippen LogP contribution in [0.3, 0.4) is 0 Å². The van der Waals surface area contributed by atoms with Gasteiger partial charge in [0.05, 0.1) is 6.07 Å². The molecule has 0 fully saturated rings. The van der Waals surface area contributed by atoms with Crippen molar-refractivity contribution in [3.05, 3.63) is 18.7 Å². The first-order chi connectivity index (χ1) is 3.27. The van der Waals surface area contributed by atoms with Gasteiger partial charge in [0.25, 0.3) is 0 Å². The lowest BCUT2D eigenvalue weighted by molar-refractivity contribution is 1.46. The van der Waals surface area contributed by atoms with Crippen molar-refractivity contribution in [3.63, 3.8) is 0 Å². The fourth-order valence-electron chi connectivity index (χ4n) is 0. The van der Waals surface area contributed by atoms with Crippen LogP contribution < -0.4 is 0 Å². The second-order valence-electron chi connectivity index (χ2n) is 0.892. The quantitative estimate of drug-likeness (QED) is 0.333. The number of nitriles is 1. The SMILES string of the molecule is C=C(C)C#N.[C-]#N. The Morgan fingerprint density at radius 3 is 1.86 bits per heavy atom. The Morgan fingerprint density at radius 1 is 1.71 bits per heavy atom. The van der Waals surface area contributed by atoms with Crippen LogP contribution in [-0.4, -0.2) is 0 Å². The van der Waals surface area contributed by atoms with Gasteiger partial charge < -0.3 is 11.8 Å². The lowest BCUT2D eigenvalue weighted by Gasteiger charge is -1.61. The molecule has 0 aliphatic carbocycles. The van der Waals surface area contributed by atoms with Gasteiger partial charge in [0.15, 0.2) is 0 Å². The van der Waals surface area contributed by atoms with Crippen molar-refractivity contribution in [1.82, 2.24) is 0 Å². The van der Waals surface area contributed by atoms with Crippen molar-refractivity contribution < 1.29 is 0 Å². The largest absolute Gasteiger partial charge is 0.512 e. The molecule has 0 radical (unpaired) electrons. The fourth-order valence-corrected chi connectivity index (χ4v) is 0. The highest BCUT2D eigenvalue weighted by molar-refractivity contribution is 5.11. The summed E-state index contributed by atoms with van der Waals surface area (Å²) in [4.78, 5) is 0. The van der Waals surface area contributed by atoms with Crippen molar-refractivity contribution in [3.8, 4) is 6.07 Å². The number of nitrogens with zero attached hydrogens (tertiary/aromatic N) is 2. The molecule has 0 aromatic carbocycles. The molecule has 0 unspecified atom stereocenters. The molecule has 0 aliphatic heterocycles. The normalized spacial score (nSPS) is 4.29. The van der Waals surface area contributed by atoms with E-state index in [9.17, 15) is 0 Å². The molecule has 2 heteroatoms. The van der Waals surface area contributed by atoms with Gasteiger partial charge in [0.2, 0.25) is 0 Å². The summed E-state index contributed by atoms with van der Waals surface area (Å²) in [6, 6.07) is 1.83. The van der Waals surface area contributed by atoms with Crippen LogP contribution in [0.25, 0.3) is 0 Å². The first kappa shape index (κ1) is 9.21. The minimum Gasteiger partial charge on any atom is -0.512 e. The maximum absolute atomic E-state index is 7.79. The van der Waals surface area contributed by atoms with Crippen molar-refractivity contribution in [1.29, 1.82) is 10.5 Å². The van der Waals surface area contributed by atoms with Crippen LogP contribution in [0.4, 0.5) is 0 Å². The number of hydrogen-bond acceptors (Lipinski definition) is 2. The maximum atomic E-state index is 7.79. The molecule has 0 saturated carbocycles. The smallest absolute Gasteiger partial charge is 0.0937 e. The third kappa shape index (κ3) is 67.4. The van der Waals surface area contributed by atoms with Gasteiger partial charge in [0.1, 0.15) is 0 Å². The second kappa shape index (κ2) is 8.83. The van der Waals surface area contributed by atoms with E-state index in [4.69, 9.17) is 17.1 Å². The number of rotatable bonds is 0. The summed E-state index contributed by atoms with van der Waals surface area (Å²) in [6.45, 7) is 9.73. The average molecular weight is 93.1 g/mol. The predicted molar refractivity (Wildman–Crippen MR) is 25.4 cm³/mol. The van der Waals surface area contributed by atoms with Crippen molar-refractivity contribution in [2.75, 3.05) is 0 Å². The van der Waals surface area contributed by atoms with E-state index in [0.717, 1.165) is 0 Å². The molecule has 0 aromatic heterocycles. The van der Waals surface area contributed by atoms with Crippen molar-refractivity contribution >= 4 is 0 Å². The van der Waals surface area contributed by atoms with Crippen LogP contribution in [0.5, 0.6) is 0 Å². The maximum Gasteiger partial charge on any atom is 0.0937 e. The summed E-state index contributed by atoms with van der Waals surface area (Å²) >= 11 is 0. The summed E-state index contributed by atoms with van der Waals surface area (Å²) in [5.74, 6) is 0. The van der Waals surface area contributed by atoms with Gasteiger partial charge in [-0.05, 0) is 6.92 Å². The van der Waals surface area contributed by atoms with Crippen LogP contribution in [0, 0.1) is 23.2 Å². The lowest BCUT2D eigenvalue weighted by Crippen LogP contribution is -1.51. The Morgan fingerprint density at radius 2 is 1.86 bits per heavy atom. The predicted octanol–water partition coefficient (Wildman–Crippen LogP) is 1.18. The summed E-state index contributed by atoms with van der Waals surface area (Å²) in [5.41, 5.74) is 0.560. The molecule has 0 spiro atoms. The molecule has 0 heterocycles. The van der Waals surface area contributed by atoms with E-state index in [1.54, 1.807) is 6.92 Å². The molecular weight excluding hydrogens is 88.1 g/mol. The van der Waals surface area contributed by atoms with Gasteiger partial charge in [0, 0.05) is 5.57 Å². The molecule has 0 aromatic rings. The van der Waals surface area contributed by atoms with Crippen molar-refractivity contribution in [2.24, 2.45) is 0 Å². The highest BCUT2D eigenvalue weighted by Crippen LogP contribution is 1.74. The molecule has 0 amide bonds. The standard InChI is InChI=1S/C4H5N.CN/c1-4(2)3-5;1-2/h1H2,2H3;/q;-1. The zero-order chi connectivity index (χ0) is 6.28. The van der Waals surface area contributed by atoms with Gasteiger partial charge in [-0.1, -0.05) is 6.58 Å². The monoisotopic (exact) mass is 93.0 g/mol. The first-order valence-electron chi connectivity index (χ1n) is 1.55. The van der Waals surface area contributed by atoms with E-state index < -0.39 is 0 Å². The molecular formula is C5H5N2-. The van der Waals surface area contributed by atoms with Crippen LogP contribution in [0.15, 0.2) is 12.2 Å². The van der Waals surface area contributed by atoms with E-state index in [0.29, 0.717) is 5.57 Å². The molecule has 0 saturated heterocycles. The Bertz CT molecular complexity index is 105. The summed E-state index contributed by atoms with van der Waals surface area (Å²) in [6.07, 6.45) is 0. The molecule has 0 rings (SSSR count). The average Bonchev–Trinajstić information content (AvgIpc) is 1.73. The topological polar surface area (TPSA) is 47.6 Å². The third-order valence-electron chi connectivity index (χ3n) is 0.191. The molecule has 36 valence electrons. The minimum absolute atomic E-state index is 0.560. The number of allylic oxidation sites excluding steroid dienone is 1. The Labute approximate surface area is 43.3 Å². The highest BCUT2D eigenvalue weighted by atomic mass is 14.2. The van der Waals surface area contributed by atoms with Gasteiger partial charge >= 0.3 is 0 Å². The first-order valence-corrected chi connectivity index (χ1v) is 1.55. The molecule has 0 bridgehead atoms. The van der Waals surface area contributed by atoms with Crippen molar-refractivity contribution in [2.45, 2.75) is 6.92 Å².